The van der Waals surface area contributed by atoms with Gasteiger partial charge in [0, 0.05) is 29.6 Å². The molecule has 0 N–H and O–H groups in total. The van der Waals surface area contributed by atoms with Crippen LogP contribution >= 0.6 is 0 Å². The average Bonchev–Trinajstić information content (AvgIpc) is 2.82. The molecular weight excluding hydrogens is 320 g/mol. The molecule has 1 amide bonds. The first-order valence-electron chi connectivity index (χ1n) is 8.00. The van der Waals surface area contributed by atoms with Gasteiger partial charge in [0.05, 0.1) is 24.3 Å². The van der Waals surface area contributed by atoms with Crippen LogP contribution in [0.4, 0.5) is 0 Å². The molecule has 0 aliphatic rings. The van der Waals surface area contributed by atoms with Crippen molar-refractivity contribution in [2.24, 2.45) is 0 Å². The van der Waals surface area contributed by atoms with E-state index in [-0.39, 0.29) is 19.7 Å². The van der Waals surface area contributed by atoms with E-state index in [9.17, 15) is 9.59 Å². The molecule has 0 saturated heterocycles. The third-order valence-corrected chi connectivity index (χ3v) is 3.85. The minimum atomic E-state index is -0.459. The lowest BCUT2D eigenvalue weighted by Crippen LogP contribution is -2.30. The summed E-state index contributed by atoms with van der Waals surface area (Å²) in [5, 5.41) is 17.5. The first kappa shape index (κ1) is 20.0. The van der Waals surface area contributed by atoms with Crippen LogP contribution in [0, 0.1) is 36.5 Å². The van der Waals surface area contributed by atoms with E-state index in [1.807, 2.05) is 37.5 Å². The number of amides is 1. The Labute approximate surface area is 147 Å². The van der Waals surface area contributed by atoms with E-state index >= 15 is 0 Å². The topological polar surface area (TPSA) is 99.1 Å². The molecule has 0 aliphatic heterocycles. The molecule has 0 aliphatic carbocycles. The number of hydrogen-bond acceptors (Lipinski definition) is 5. The number of esters is 1. The number of hydrogen-bond donors (Lipinski definition) is 0. The Balaban J connectivity index is 3.28. The Morgan fingerprint density at radius 3 is 2.24 bits per heavy atom. The van der Waals surface area contributed by atoms with E-state index in [1.165, 1.54) is 6.08 Å². The summed E-state index contributed by atoms with van der Waals surface area (Å²) in [4.78, 5) is 25.6. The van der Waals surface area contributed by atoms with Crippen LogP contribution < -0.4 is 0 Å². The maximum atomic E-state index is 12.3. The second-order valence-corrected chi connectivity index (χ2v) is 5.27. The quantitative estimate of drug-likeness (QED) is 0.430. The van der Waals surface area contributed by atoms with Gasteiger partial charge in [0.1, 0.15) is 13.1 Å². The van der Waals surface area contributed by atoms with Crippen molar-refractivity contribution in [3.05, 3.63) is 28.6 Å². The number of rotatable bonds is 7. The molecule has 1 heterocycles. The molecular formula is C18H22N4O3. The van der Waals surface area contributed by atoms with Crippen LogP contribution in [0.2, 0.25) is 0 Å². The first-order chi connectivity index (χ1) is 11.9. The minimum Gasteiger partial charge on any atom is -0.462 e. The van der Waals surface area contributed by atoms with Crippen molar-refractivity contribution in [1.29, 1.82) is 10.5 Å². The normalized spacial score (nSPS) is 10.3. The number of ether oxygens (including phenoxy) is 1. The number of carbonyl (C=O) groups is 2. The van der Waals surface area contributed by atoms with Gasteiger partial charge in [0.25, 0.3) is 0 Å². The molecule has 132 valence electrons. The Hall–Kier alpha value is -3.06. The lowest BCUT2D eigenvalue weighted by atomic mass is 10.1. The van der Waals surface area contributed by atoms with Crippen LogP contribution in [0.25, 0.3) is 6.08 Å². The first-order valence-corrected chi connectivity index (χ1v) is 8.00. The van der Waals surface area contributed by atoms with Crippen LogP contribution in [0.1, 0.15) is 41.2 Å². The highest BCUT2D eigenvalue weighted by molar-refractivity contribution is 5.99. The highest BCUT2D eigenvalue weighted by Crippen LogP contribution is 2.25. The fourth-order valence-corrected chi connectivity index (χ4v) is 2.69. The van der Waals surface area contributed by atoms with Crippen LogP contribution in [0.3, 0.4) is 0 Å². The van der Waals surface area contributed by atoms with Crippen molar-refractivity contribution in [2.75, 3.05) is 19.7 Å². The highest BCUT2D eigenvalue weighted by Gasteiger charge is 2.22. The summed E-state index contributed by atoms with van der Waals surface area (Å²) in [7, 11) is 0. The molecule has 7 heteroatoms. The fourth-order valence-electron chi connectivity index (χ4n) is 2.69. The molecule has 7 nitrogen and oxygen atoms in total. The average molecular weight is 342 g/mol. The van der Waals surface area contributed by atoms with Gasteiger partial charge >= 0.3 is 5.97 Å². The molecule has 1 rings (SSSR count). The van der Waals surface area contributed by atoms with Gasteiger partial charge in [-0.05, 0) is 33.8 Å². The molecule has 0 bridgehead atoms. The lowest BCUT2D eigenvalue weighted by molar-refractivity contribution is -0.124. The second kappa shape index (κ2) is 9.29. The summed E-state index contributed by atoms with van der Waals surface area (Å²) in [5.74, 6) is -0.896. The smallest absolute Gasteiger partial charge is 0.340 e. The molecule has 0 saturated carbocycles. The monoisotopic (exact) mass is 342 g/mol. The van der Waals surface area contributed by atoms with Crippen molar-refractivity contribution in [1.82, 2.24) is 9.47 Å². The van der Waals surface area contributed by atoms with Crippen LogP contribution in [-0.2, 0) is 16.1 Å². The maximum absolute atomic E-state index is 12.3. The fraction of sp³-hybridized carbons (Fsp3) is 0.444. The third-order valence-electron chi connectivity index (χ3n) is 3.85. The highest BCUT2D eigenvalue weighted by atomic mass is 16.5. The predicted octanol–water partition coefficient (Wildman–Crippen LogP) is 2.19. The molecule has 0 atom stereocenters. The van der Waals surface area contributed by atoms with Crippen LogP contribution in [-0.4, -0.2) is 41.0 Å². The van der Waals surface area contributed by atoms with Crippen molar-refractivity contribution in [2.45, 2.75) is 34.2 Å². The van der Waals surface area contributed by atoms with Gasteiger partial charge in [0.15, 0.2) is 0 Å². The molecule has 0 spiro atoms. The SMILES string of the molecule is CCOC(=O)c1c(/C=C/C(=O)N(CC#N)CC#N)c(C)n(CC)c1C. The van der Waals surface area contributed by atoms with Crippen LogP contribution in [0.5, 0.6) is 0 Å². The van der Waals surface area contributed by atoms with E-state index in [2.05, 4.69) is 0 Å². The molecule has 0 fully saturated rings. The van der Waals surface area contributed by atoms with E-state index < -0.39 is 11.9 Å². The summed E-state index contributed by atoms with van der Waals surface area (Å²) in [6, 6.07) is 3.71. The molecule has 0 aromatic carbocycles. The number of aromatic nitrogens is 1. The number of nitriles is 2. The molecule has 1 aromatic rings. The Morgan fingerprint density at radius 1 is 1.16 bits per heavy atom. The zero-order valence-corrected chi connectivity index (χ0v) is 15.0. The van der Waals surface area contributed by atoms with Gasteiger partial charge in [-0.3, -0.25) is 4.79 Å². The summed E-state index contributed by atoms with van der Waals surface area (Å²) in [6.07, 6.45) is 2.82. The van der Waals surface area contributed by atoms with Gasteiger partial charge < -0.3 is 14.2 Å². The second-order valence-electron chi connectivity index (χ2n) is 5.27. The summed E-state index contributed by atoms with van der Waals surface area (Å²) < 4.78 is 7.10. The van der Waals surface area contributed by atoms with Gasteiger partial charge in [-0.25, -0.2) is 4.79 Å². The number of carbonyl (C=O) groups excluding carboxylic acids is 2. The van der Waals surface area contributed by atoms with E-state index in [1.54, 1.807) is 13.0 Å². The zero-order chi connectivity index (χ0) is 19.0. The molecule has 0 radical (unpaired) electrons. The lowest BCUT2D eigenvalue weighted by Gasteiger charge is -2.12. The minimum absolute atomic E-state index is 0.171. The summed E-state index contributed by atoms with van der Waals surface area (Å²) in [6.45, 7) is 8.00. The zero-order valence-electron chi connectivity index (χ0n) is 15.0. The van der Waals surface area contributed by atoms with Crippen molar-refractivity contribution < 1.29 is 14.3 Å². The van der Waals surface area contributed by atoms with E-state index in [0.29, 0.717) is 17.7 Å². The largest absolute Gasteiger partial charge is 0.462 e. The molecule has 1 aromatic heterocycles. The standard InChI is InChI=1S/C18H22N4O3/c1-5-22-13(3)15(17(14(22)4)18(24)25-6-2)7-8-16(23)21(11-9-19)12-10-20/h7-8H,5-6,11-12H2,1-4H3/b8-7+. The molecule has 0 unspecified atom stereocenters. The Bertz CT molecular complexity index is 747. The summed E-state index contributed by atoms with van der Waals surface area (Å²) >= 11 is 0. The Morgan fingerprint density at radius 2 is 1.76 bits per heavy atom. The van der Waals surface area contributed by atoms with Gasteiger partial charge in [0.2, 0.25) is 5.91 Å². The van der Waals surface area contributed by atoms with Crippen molar-refractivity contribution >= 4 is 18.0 Å². The van der Waals surface area contributed by atoms with Crippen molar-refractivity contribution in [3.63, 3.8) is 0 Å². The van der Waals surface area contributed by atoms with Gasteiger partial charge in [-0.1, -0.05) is 0 Å². The maximum Gasteiger partial charge on any atom is 0.340 e. The van der Waals surface area contributed by atoms with Crippen molar-refractivity contribution in [3.8, 4) is 12.1 Å². The van der Waals surface area contributed by atoms with E-state index in [4.69, 9.17) is 15.3 Å². The number of nitrogens with zero attached hydrogens (tertiary/aromatic N) is 4. The Kier molecular flexibility index (Phi) is 7.43. The molecule has 25 heavy (non-hydrogen) atoms. The van der Waals surface area contributed by atoms with Crippen LogP contribution in [0.15, 0.2) is 6.08 Å². The van der Waals surface area contributed by atoms with Gasteiger partial charge in [-0.2, -0.15) is 10.5 Å². The summed E-state index contributed by atoms with van der Waals surface area (Å²) in [5.41, 5.74) is 2.66. The predicted molar refractivity (Wildman–Crippen MR) is 92.4 cm³/mol. The third kappa shape index (κ3) is 4.48. The van der Waals surface area contributed by atoms with Gasteiger partial charge in [-0.15, -0.1) is 0 Å². The van der Waals surface area contributed by atoms with E-state index in [0.717, 1.165) is 16.3 Å².